The number of anilines is 1. The zero-order valence-electron chi connectivity index (χ0n) is 11.7. The molecule has 1 aromatic carbocycles. The molecule has 19 heavy (non-hydrogen) atoms. The highest BCUT2D eigenvalue weighted by Crippen LogP contribution is 2.26. The van der Waals surface area contributed by atoms with Gasteiger partial charge in [-0.2, -0.15) is 0 Å². The second-order valence-electron chi connectivity index (χ2n) is 5.19. The first-order valence-electron chi connectivity index (χ1n) is 6.86. The highest BCUT2D eigenvalue weighted by atomic mass is 16.4. The number of benzene rings is 1. The molecule has 4 nitrogen and oxygen atoms in total. The Kier molecular flexibility index (Phi) is 4.43. The number of carboxylic acid groups (broad SMARTS) is 1. The largest absolute Gasteiger partial charge is 0.481 e. The van der Waals surface area contributed by atoms with Crippen LogP contribution in [0.2, 0.25) is 0 Å². The maximum atomic E-state index is 11.1. The molecule has 1 aliphatic heterocycles. The van der Waals surface area contributed by atoms with Crippen LogP contribution in [0.4, 0.5) is 5.69 Å². The number of para-hydroxylation sites is 1. The summed E-state index contributed by atoms with van der Waals surface area (Å²) in [5, 5.41) is 9.10. The molecule has 4 heteroatoms. The average molecular weight is 262 g/mol. The highest BCUT2D eigenvalue weighted by molar-refractivity contribution is 5.69. The van der Waals surface area contributed by atoms with E-state index in [2.05, 4.69) is 35.9 Å². The molecule has 104 valence electrons. The van der Waals surface area contributed by atoms with Crippen LogP contribution < -0.4 is 4.90 Å². The van der Waals surface area contributed by atoms with Crippen molar-refractivity contribution < 1.29 is 9.90 Å². The molecule has 0 radical (unpaired) electrons. The zero-order chi connectivity index (χ0) is 13.8. The van der Waals surface area contributed by atoms with Gasteiger partial charge in [-0.15, -0.1) is 0 Å². The van der Waals surface area contributed by atoms with Gasteiger partial charge >= 0.3 is 5.97 Å². The maximum Gasteiger partial charge on any atom is 0.305 e. The van der Waals surface area contributed by atoms with Crippen molar-refractivity contribution >= 4 is 11.7 Å². The molecule has 0 bridgehead atoms. The third kappa shape index (κ3) is 3.26. The minimum Gasteiger partial charge on any atom is -0.481 e. The van der Waals surface area contributed by atoms with Gasteiger partial charge < -0.3 is 14.9 Å². The maximum absolute atomic E-state index is 11.1. The lowest BCUT2D eigenvalue weighted by molar-refractivity contribution is -0.137. The number of carboxylic acids is 1. The highest BCUT2D eigenvalue weighted by Gasteiger charge is 2.28. The number of hydrogen-bond acceptors (Lipinski definition) is 3. The van der Waals surface area contributed by atoms with Crippen molar-refractivity contribution in [3.63, 3.8) is 0 Å². The van der Waals surface area contributed by atoms with Gasteiger partial charge in [0.05, 0.1) is 12.5 Å². The summed E-state index contributed by atoms with van der Waals surface area (Å²) in [6.07, 6.45) is 1.17. The van der Waals surface area contributed by atoms with Crippen LogP contribution in [0.1, 0.15) is 18.9 Å². The van der Waals surface area contributed by atoms with Crippen LogP contribution in [0.5, 0.6) is 0 Å². The SMILES string of the molecule is CCc1ccccc1N1CCN(C)CC1CC(=O)O. The fourth-order valence-corrected chi connectivity index (χ4v) is 2.79. The van der Waals surface area contributed by atoms with Crippen molar-refractivity contribution in [1.29, 1.82) is 0 Å². The smallest absolute Gasteiger partial charge is 0.305 e. The molecule has 1 aliphatic rings. The van der Waals surface area contributed by atoms with Gasteiger partial charge in [-0.1, -0.05) is 25.1 Å². The van der Waals surface area contributed by atoms with Crippen molar-refractivity contribution in [3.05, 3.63) is 29.8 Å². The first-order valence-corrected chi connectivity index (χ1v) is 6.86. The Morgan fingerprint density at radius 2 is 2.11 bits per heavy atom. The van der Waals surface area contributed by atoms with Crippen LogP contribution >= 0.6 is 0 Å². The summed E-state index contributed by atoms with van der Waals surface area (Å²) < 4.78 is 0. The predicted octanol–water partition coefficient (Wildman–Crippen LogP) is 1.84. The lowest BCUT2D eigenvalue weighted by atomic mass is 10.0. The van der Waals surface area contributed by atoms with E-state index in [0.717, 1.165) is 26.1 Å². The molecule has 1 heterocycles. The van der Waals surface area contributed by atoms with Crippen molar-refractivity contribution in [3.8, 4) is 0 Å². The molecule has 0 saturated carbocycles. The van der Waals surface area contributed by atoms with E-state index in [4.69, 9.17) is 5.11 Å². The van der Waals surface area contributed by atoms with E-state index in [9.17, 15) is 4.79 Å². The van der Waals surface area contributed by atoms with Crippen LogP contribution in [0.3, 0.4) is 0 Å². The van der Waals surface area contributed by atoms with Crippen LogP contribution in [-0.2, 0) is 11.2 Å². The van der Waals surface area contributed by atoms with E-state index in [1.165, 1.54) is 11.3 Å². The molecule has 1 saturated heterocycles. The first kappa shape index (κ1) is 13.9. The Hall–Kier alpha value is -1.55. The third-order valence-corrected chi connectivity index (χ3v) is 3.78. The molecular formula is C15H22N2O2. The average Bonchev–Trinajstić information content (AvgIpc) is 2.38. The summed E-state index contributed by atoms with van der Waals surface area (Å²) in [5.74, 6) is -0.723. The predicted molar refractivity (Wildman–Crippen MR) is 76.7 cm³/mol. The summed E-state index contributed by atoms with van der Waals surface area (Å²) in [6, 6.07) is 8.38. The second-order valence-corrected chi connectivity index (χ2v) is 5.19. The molecule has 0 aliphatic carbocycles. The Balaban J connectivity index is 2.26. The Morgan fingerprint density at radius 1 is 1.37 bits per heavy atom. The van der Waals surface area contributed by atoms with E-state index in [1.807, 2.05) is 12.1 Å². The van der Waals surface area contributed by atoms with Gasteiger partial charge in [0.2, 0.25) is 0 Å². The number of hydrogen-bond donors (Lipinski definition) is 1. The topological polar surface area (TPSA) is 43.8 Å². The lowest BCUT2D eigenvalue weighted by Crippen LogP contribution is -2.53. The summed E-state index contributed by atoms with van der Waals surface area (Å²) in [5.41, 5.74) is 2.49. The Morgan fingerprint density at radius 3 is 2.79 bits per heavy atom. The minimum atomic E-state index is -0.723. The molecule has 1 aromatic rings. The van der Waals surface area contributed by atoms with Crippen molar-refractivity contribution in [1.82, 2.24) is 4.90 Å². The number of carbonyl (C=O) groups is 1. The molecule has 0 spiro atoms. The third-order valence-electron chi connectivity index (χ3n) is 3.78. The van der Waals surface area contributed by atoms with E-state index in [-0.39, 0.29) is 12.5 Å². The monoisotopic (exact) mass is 262 g/mol. The van der Waals surface area contributed by atoms with Gasteiger partial charge in [0.25, 0.3) is 0 Å². The minimum absolute atomic E-state index is 0.0592. The number of rotatable bonds is 4. The zero-order valence-corrected chi connectivity index (χ0v) is 11.7. The molecule has 0 amide bonds. The Bertz CT molecular complexity index is 448. The van der Waals surface area contributed by atoms with E-state index < -0.39 is 5.97 Å². The van der Waals surface area contributed by atoms with E-state index >= 15 is 0 Å². The second kappa shape index (κ2) is 6.06. The van der Waals surface area contributed by atoms with Gasteiger partial charge in [0, 0.05) is 25.3 Å². The Labute approximate surface area is 114 Å². The molecule has 1 fully saturated rings. The summed E-state index contributed by atoms with van der Waals surface area (Å²) in [7, 11) is 2.05. The number of aliphatic carboxylic acids is 1. The van der Waals surface area contributed by atoms with Gasteiger partial charge in [-0.3, -0.25) is 4.79 Å². The van der Waals surface area contributed by atoms with Crippen molar-refractivity contribution in [2.75, 3.05) is 31.6 Å². The van der Waals surface area contributed by atoms with Gasteiger partial charge in [0.1, 0.15) is 0 Å². The van der Waals surface area contributed by atoms with E-state index in [1.54, 1.807) is 0 Å². The van der Waals surface area contributed by atoms with Gasteiger partial charge in [0.15, 0.2) is 0 Å². The van der Waals surface area contributed by atoms with Crippen LogP contribution in [-0.4, -0.2) is 48.7 Å². The van der Waals surface area contributed by atoms with E-state index in [0.29, 0.717) is 0 Å². The molecule has 1 unspecified atom stereocenters. The van der Waals surface area contributed by atoms with Crippen LogP contribution in [0.25, 0.3) is 0 Å². The molecule has 0 aromatic heterocycles. The number of likely N-dealkylation sites (N-methyl/N-ethyl adjacent to an activating group) is 1. The van der Waals surface area contributed by atoms with Crippen molar-refractivity contribution in [2.24, 2.45) is 0 Å². The quantitative estimate of drug-likeness (QED) is 0.899. The first-order chi connectivity index (χ1) is 9.11. The lowest BCUT2D eigenvalue weighted by Gasteiger charge is -2.41. The van der Waals surface area contributed by atoms with Gasteiger partial charge in [-0.25, -0.2) is 0 Å². The van der Waals surface area contributed by atoms with Gasteiger partial charge in [-0.05, 0) is 25.1 Å². The number of nitrogens with zero attached hydrogens (tertiary/aromatic N) is 2. The number of aryl methyl sites for hydroxylation is 1. The fourth-order valence-electron chi connectivity index (χ4n) is 2.79. The molecule has 1 N–H and O–H groups in total. The summed E-state index contributed by atoms with van der Waals surface area (Å²) in [4.78, 5) is 15.5. The normalized spacial score (nSPS) is 20.5. The molecule has 1 atom stereocenters. The number of piperazine rings is 1. The van der Waals surface area contributed by atoms with Crippen molar-refractivity contribution in [2.45, 2.75) is 25.8 Å². The molecular weight excluding hydrogens is 240 g/mol. The van der Waals surface area contributed by atoms with Crippen LogP contribution in [0, 0.1) is 0 Å². The molecule has 2 rings (SSSR count). The summed E-state index contributed by atoms with van der Waals surface area (Å²) in [6.45, 7) is 4.82. The fraction of sp³-hybridized carbons (Fsp3) is 0.533. The van der Waals surface area contributed by atoms with Crippen LogP contribution in [0.15, 0.2) is 24.3 Å². The standard InChI is InChI=1S/C15H22N2O2/c1-3-12-6-4-5-7-14(12)17-9-8-16(2)11-13(17)10-15(18)19/h4-7,13H,3,8-11H2,1-2H3,(H,18,19). The summed E-state index contributed by atoms with van der Waals surface area (Å²) >= 11 is 0.